The van der Waals surface area contributed by atoms with Crippen LogP contribution < -0.4 is 21.3 Å². The quantitative estimate of drug-likeness (QED) is 0.0927. The van der Waals surface area contributed by atoms with Crippen LogP contribution in [0.15, 0.2) is 48.8 Å². The number of esters is 2. The summed E-state index contributed by atoms with van der Waals surface area (Å²) >= 11 is 0. The minimum Gasteiger partial charge on any atom is -0.489 e. The highest BCUT2D eigenvalue weighted by atomic mass is 16.7. The van der Waals surface area contributed by atoms with Crippen molar-refractivity contribution in [1.82, 2.24) is 9.88 Å². The number of nitrogens with one attached hydrogen (secondary N) is 2. The number of anilines is 2. The number of carbonyl (C=O) groups excluding carboxylic acids is 2. The topological polar surface area (TPSA) is 128 Å². The number of carbonyl (C=O) groups is 2. The molecule has 0 radical (unpaired) electrons. The molecule has 47 heavy (non-hydrogen) atoms. The minimum absolute atomic E-state index is 0.0616. The SMILES string of the molecule is CC[C@@H]1CN(Cc2cc([C@@H](c3ccc(NC)c(NN)c3C)C(C)(C)C(=O)OCOC(=O)C(C)(C)C)ccc2C)Cc2cnccc2O1. The fourth-order valence-electron chi connectivity index (χ4n) is 6.15. The smallest absolute Gasteiger partial charge is 0.315 e. The lowest BCUT2D eigenvalue weighted by atomic mass is 9.69. The Morgan fingerprint density at radius 2 is 1.81 bits per heavy atom. The summed E-state index contributed by atoms with van der Waals surface area (Å²) in [7, 11) is 1.84. The lowest BCUT2D eigenvalue weighted by Crippen LogP contribution is -2.36. The van der Waals surface area contributed by atoms with Crippen LogP contribution in [0.3, 0.4) is 0 Å². The average molecular weight is 646 g/mol. The van der Waals surface area contributed by atoms with Crippen molar-refractivity contribution in [3.8, 4) is 5.75 Å². The molecule has 2 atom stereocenters. The summed E-state index contributed by atoms with van der Waals surface area (Å²) in [6.07, 6.45) is 4.60. The van der Waals surface area contributed by atoms with Crippen molar-refractivity contribution in [3.05, 3.63) is 82.2 Å². The highest BCUT2D eigenvalue weighted by Gasteiger charge is 2.42. The Labute approximate surface area is 279 Å². The Hall–Kier alpha value is -4.15. The van der Waals surface area contributed by atoms with Crippen LogP contribution in [0.25, 0.3) is 0 Å². The molecule has 10 heteroatoms. The lowest BCUT2D eigenvalue weighted by Gasteiger charge is -2.35. The van der Waals surface area contributed by atoms with E-state index in [0.29, 0.717) is 13.1 Å². The van der Waals surface area contributed by atoms with Crippen LogP contribution in [0.2, 0.25) is 0 Å². The van der Waals surface area contributed by atoms with E-state index in [9.17, 15) is 9.59 Å². The van der Waals surface area contributed by atoms with E-state index in [1.807, 2.05) is 52.2 Å². The number of hydrazine groups is 1. The maximum Gasteiger partial charge on any atom is 0.315 e. The number of aryl methyl sites for hydroxylation is 1. The molecule has 0 amide bonds. The van der Waals surface area contributed by atoms with Gasteiger partial charge >= 0.3 is 11.9 Å². The second-order valence-corrected chi connectivity index (χ2v) is 14.0. The number of hydrogen-bond donors (Lipinski definition) is 3. The van der Waals surface area contributed by atoms with Gasteiger partial charge in [-0.2, -0.15) is 0 Å². The van der Waals surface area contributed by atoms with E-state index < -0.39 is 35.5 Å². The first kappa shape index (κ1) is 35.7. The fraction of sp³-hybridized carbons (Fsp3) is 0.486. The number of pyridine rings is 1. The van der Waals surface area contributed by atoms with E-state index in [1.165, 1.54) is 0 Å². The van der Waals surface area contributed by atoms with Gasteiger partial charge in [0.15, 0.2) is 0 Å². The summed E-state index contributed by atoms with van der Waals surface area (Å²) in [5, 5.41) is 3.19. The normalized spacial score (nSPS) is 15.9. The Balaban J connectivity index is 1.74. The second kappa shape index (κ2) is 14.7. The van der Waals surface area contributed by atoms with Gasteiger partial charge in [-0.25, -0.2) is 0 Å². The van der Waals surface area contributed by atoms with Gasteiger partial charge in [0.05, 0.1) is 22.2 Å². The van der Waals surface area contributed by atoms with Gasteiger partial charge in [0.2, 0.25) is 6.79 Å². The summed E-state index contributed by atoms with van der Waals surface area (Å²) in [6, 6.07) is 12.3. The number of hydrogen-bond acceptors (Lipinski definition) is 10. The van der Waals surface area contributed by atoms with Crippen molar-refractivity contribution in [3.63, 3.8) is 0 Å². The number of nitrogens with two attached hydrogens (primary N) is 1. The second-order valence-electron chi connectivity index (χ2n) is 14.0. The number of ether oxygens (including phenoxy) is 3. The maximum absolute atomic E-state index is 13.9. The molecule has 2 heterocycles. The van der Waals surface area contributed by atoms with E-state index >= 15 is 0 Å². The van der Waals surface area contributed by atoms with E-state index in [2.05, 4.69) is 52.7 Å². The molecule has 1 aliphatic rings. The molecular formula is C37H51N5O5. The third-order valence-corrected chi connectivity index (χ3v) is 9.04. The molecule has 0 saturated heterocycles. The van der Waals surface area contributed by atoms with Crippen LogP contribution in [0.4, 0.5) is 11.4 Å². The Bertz CT molecular complexity index is 1580. The van der Waals surface area contributed by atoms with Gasteiger partial charge in [-0.15, -0.1) is 0 Å². The van der Waals surface area contributed by atoms with Crippen LogP contribution in [-0.2, 0) is 32.2 Å². The number of aromatic nitrogens is 1. The third kappa shape index (κ3) is 8.05. The van der Waals surface area contributed by atoms with Gasteiger partial charge in [0.25, 0.3) is 0 Å². The van der Waals surface area contributed by atoms with Crippen molar-refractivity contribution in [2.75, 3.05) is 31.1 Å². The fourth-order valence-corrected chi connectivity index (χ4v) is 6.15. The Morgan fingerprint density at radius 3 is 2.47 bits per heavy atom. The number of nitrogen functional groups attached to an aromatic ring is 1. The van der Waals surface area contributed by atoms with Gasteiger partial charge in [-0.3, -0.25) is 25.3 Å². The van der Waals surface area contributed by atoms with Crippen LogP contribution in [0.5, 0.6) is 5.75 Å². The molecule has 2 aromatic carbocycles. The summed E-state index contributed by atoms with van der Waals surface area (Å²) in [6.45, 7) is 17.0. The molecule has 10 nitrogen and oxygen atoms in total. The first-order chi connectivity index (χ1) is 22.2. The van der Waals surface area contributed by atoms with Gasteiger partial charge in [-0.05, 0) is 94.8 Å². The van der Waals surface area contributed by atoms with Gasteiger partial charge in [0.1, 0.15) is 11.9 Å². The van der Waals surface area contributed by atoms with Gasteiger partial charge in [0, 0.05) is 50.6 Å². The standard InChI is InChI=1S/C37H51N5O5/c1-10-28-21-42(20-27-18-40-16-15-31(27)47-28)19-26-17-25(12-11-23(26)2)32(29-13-14-30(39-9)33(41-38)24(29)3)37(7,8)35(44)46-22-45-34(43)36(4,5)6/h11-18,28,32,39,41H,10,19-22,38H2,1-9H3/t28-,32+/m1/s1. The van der Waals surface area contributed by atoms with Crippen molar-refractivity contribution >= 4 is 23.3 Å². The minimum atomic E-state index is -1.06. The maximum atomic E-state index is 13.9. The van der Waals surface area contributed by atoms with Crippen molar-refractivity contribution in [1.29, 1.82) is 0 Å². The highest BCUT2D eigenvalue weighted by molar-refractivity contribution is 5.80. The van der Waals surface area contributed by atoms with Crippen LogP contribution in [0.1, 0.15) is 87.3 Å². The molecule has 0 saturated carbocycles. The largest absolute Gasteiger partial charge is 0.489 e. The molecule has 0 fully saturated rings. The molecule has 3 aromatic rings. The zero-order valence-corrected chi connectivity index (χ0v) is 29.3. The molecule has 0 bridgehead atoms. The molecule has 4 rings (SSSR count). The Kier molecular flexibility index (Phi) is 11.2. The van der Waals surface area contributed by atoms with Crippen LogP contribution in [-0.4, -0.2) is 48.3 Å². The molecule has 0 spiro atoms. The summed E-state index contributed by atoms with van der Waals surface area (Å²) in [5.41, 5.74) is 8.81. The molecule has 254 valence electrons. The predicted molar refractivity (Wildman–Crippen MR) is 185 cm³/mol. The molecule has 4 N–H and O–H groups in total. The van der Waals surface area contributed by atoms with Crippen molar-refractivity contribution < 1.29 is 23.8 Å². The third-order valence-electron chi connectivity index (χ3n) is 9.04. The van der Waals surface area contributed by atoms with Crippen molar-refractivity contribution in [2.45, 2.75) is 86.9 Å². The van der Waals surface area contributed by atoms with Gasteiger partial charge < -0.3 is 25.0 Å². The van der Waals surface area contributed by atoms with E-state index in [0.717, 1.165) is 63.5 Å². The number of fused-ring (bicyclic) bond motifs is 1. The Morgan fingerprint density at radius 1 is 1.09 bits per heavy atom. The first-order valence-corrected chi connectivity index (χ1v) is 16.2. The molecular weight excluding hydrogens is 594 g/mol. The predicted octanol–water partition coefficient (Wildman–Crippen LogP) is 6.45. The zero-order chi connectivity index (χ0) is 34.5. The van der Waals surface area contributed by atoms with E-state index in [1.54, 1.807) is 27.0 Å². The summed E-state index contributed by atoms with van der Waals surface area (Å²) in [5.74, 6) is 5.54. The highest BCUT2D eigenvalue weighted by Crippen LogP contribution is 2.46. The lowest BCUT2D eigenvalue weighted by molar-refractivity contribution is -0.178. The van der Waals surface area contributed by atoms with E-state index in [4.69, 9.17) is 20.1 Å². The monoisotopic (exact) mass is 645 g/mol. The molecule has 0 unspecified atom stereocenters. The zero-order valence-electron chi connectivity index (χ0n) is 29.3. The van der Waals surface area contributed by atoms with Crippen LogP contribution in [0, 0.1) is 24.7 Å². The average Bonchev–Trinajstić information content (AvgIpc) is 3.21. The molecule has 1 aliphatic heterocycles. The van der Waals surface area contributed by atoms with Crippen LogP contribution >= 0.6 is 0 Å². The number of nitrogens with zero attached hydrogens (tertiary/aromatic N) is 2. The number of rotatable bonds is 11. The number of benzene rings is 2. The summed E-state index contributed by atoms with van der Waals surface area (Å²) in [4.78, 5) is 33.0. The first-order valence-electron chi connectivity index (χ1n) is 16.2. The molecule has 1 aromatic heterocycles. The molecule has 0 aliphatic carbocycles. The summed E-state index contributed by atoms with van der Waals surface area (Å²) < 4.78 is 17.2. The van der Waals surface area contributed by atoms with Gasteiger partial charge in [-0.1, -0.05) is 31.2 Å². The van der Waals surface area contributed by atoms with E-state index in [-0.39, 0.29) is 6.10 Å². The van der Waals surface area contributed by atoms with Crippen molar-refractivity contribution in [2.24, 2.45) is 16.7 Å².